The predicted octanol–water partition coefficient (Wildman–Crippen LogP) is 2.80. The lowest BCUT2D eigenvalue weighted by Gasteiger charge is -2.33. The Morgan fingerprint density at radius 3 is 2.72 bits per heavy atom. The number of likely N-dealkylation sites (tertiary alicyclic amines) is 1. The standard InChI is InChI=1S/C18H24F2N2O3/c1-12(2)17(24)22-9-5-7-14(11-22)16(23)21-10-13-6-3-4-8-15(13)25-18(19)20/h3-4,6,8,12,14,18H,5,7,9-11H2,1-2H3,(H,21,23). The molecule has 1 aliphatic heterocycles. The van der Waals surface area contributed by atoms with E-state index in [9.17, 15) is 18.4 Å². The van der Waals surface area contributed by atoms with Gasteiger partial charge in [0.2, 0.25) is 11.8 Å². The molecule has 1 aromatic rings. The van der Waals surface area contributed by atoms with Crippen molar-refractivity contribution in [3.63, 3.8) is 0 Å². The van der Waals surface area contributed by atoms with Gasteiger partial charge in [-0.25, -0.2) is 0 Å². The second-order valence-corrected chi connectivity index (χ2v) is 6.48. The summed E-state index contributed by atoms with van der Waals surface area (Å²) in [6, 6.07) is 6.37. The number of hydrogen-bond donors (Lipinski definition) is 1. The fraction of sp³-hybridized carbons (Fsp3) is 0.556. The molecular formula is C18H24F2N2O3. The molecule has 0 bridgehead atoms. The third-order valence-electron chi connectivity index (χ3n) is 4.24. The maximum atomic E-state index is 12.4. The number of nitrogens with zero attached hydrogens (tertiary/aromatic N) is 1. The second kappa shape index (κ2) is 8.78. The smallest absolute Gasteiger partial charge is 0.387 e. The highest BCUT2D eigenvalue weighted by molar-refractivity contribution is 5.82. The Balaban J connectivity index is 1.93. The summed E-state index contributed by atoms with van der Waals surface area (Å²) in [7, 11) is 0. The topological polar surface area (TPSA) is 58.6 Å². The van der Waals surface area contributed by atoms with Crippen LogP contribution in [-0.2, 0) is 16.1 Å². The molecule has 0 aliphatic carbocycles. The summed E-state index contributed by atoms with van der Waals surface area (Å²) in [4.78, 5) is 26.2. The Hall–Kier alpha value is -2.18. The third kappa shape index (κ3) is 5.41. The Morgan fingerprint density at radius 2 is 2.04 bits per heavy atom. The Morgan fingerprint density at radius 1 is 1.32 bits per heavy atom. The van der Waals surface area contributed by atoms with Gasteiger partial charge in [0.1, 0.15) is 5.75 Å². The van der Waals surface area contributed by atoms with Crippen molar-refractivity contribution < 1.29 is 23.1 Å². The zero-order valence-electron chi connectivity index (χ0n) is 14.5. The minimum Gasteiger partial charge on any atom is -0.434 e. The van der Waals surface area contributed by atoms with Gasteiger partial charge in [-0.15, -0.1) is 0 Å². The molecule has 1 unspecified atom stereocenters. The fourth-order valence-electron chi connectivity index (χ4n) is 2.94. The minimum absolute atomic E-state index is 0.0492. The number of hydrogen-bond acceptors (Lipinski definition) is 3. The minimum atomic E-state index is -2.91. The molecule has 1 heterocycles. The van der Waals surface area contributed by atoms with E-state index < -0.39 is 6.61 Å². The van der Waals surface area contributed by atoms with Crippen molar-refractivity contribution >= 4 is 11.8 Å². The molecule has 1 aromatic carbocycles. The van der Waals surface area contributed by atoms with Crippen LogP contribution in [0.1, 0.15) is 32.3 Å². The van der Waals surface area contributed by atoms with E-state index >= 15 is 0 Å². The summed E-state index contributed by atoms with van der Waals surface area (Å²) in [6.07, 6.45) is 1.49. The van der Waals surface area contributed by atoms with E-state index in [2.05, 4.69) is 10.1 Å². The highest BCUT2D eigenvalue weighted by Gasteiger charge is 2.29. The second-order valence-electron chi connectivity index (χ2n) is 6.48. The van der Waals surface area contributed by atoms with Gasteiger partial charge in [-0.1, -0.05) is 32.0 Å². The Kier molecular flexibility index (Phi) is 6.73. The van der Waals surface area contributed by atoms with Crippen molar-refractivity contribution in [2.45, 2.75) is 39.8 Å². The number of ether oxygens (including phenoxy) is 1. The van der Waals surface area contributed by atoms with Crippen LogP contribution in [0.3, 0.4) is 0 Å². The number of alkyl halides is 2. The van der Waals surface area contributed by atoms with Gasteiger partial charge in [0.05, 0.1) is 5.92 Å². The summed E-state index contributed by atoms with van der Waals surface area (Å²) in [5.74, 6) is -0.445. The quantitative estimate of drug-likeness (QED) is 0.855. The van der Waals surface area contributed by atoms with Crippen LogP contribution in [-0.4, -0.2) is 36.4 Å². The van der Waals surface area contributed by atoms with Crippen molar-refractivity contribution in [1.29, 1.82) is 0 Å². The average Bonchev–Trinajstić information content (AvgIpc) is 2.59. The monoisotopic (exact) mass is 354 g/mol. The lowest BCUT2D eigenvalue weighted by molar-refractivity contribution is -0.138. The van der Waals surface area contributed by atoms with Crippen LogP contribution in [0.25, 0.3) is 0 Å². The van der Waals surface area contributed by atoms with Crippen molar-refractivity contribution in [1.82, 2.24) is 10.2 Å². The normalized spacial score (nSPS) is 17.7. The molecule has 0 spiro atoms. The maximum absolute atomic E-state index is 12.4. The molecule has 0 aromatic heterocycles. The SMILES string of the molecule is CC(C)C(=O)N1CCCC(C(=O)NCc2ccccc2OC(F)F)C1. The molecule has 1 N–H and O–H groups in total. The van der Waals surface area contributed by atoms with E-state index in [0.29, 0.717) is 25.1 Å². The molecule has 1 fully saturated rings. The Labute approximate surface area is 146 Å². The first-order chi connectivity index (χ1) is 11.9. The average molecular weight is 354 g/mol. The highest BCUT2D eigenvalue weighted by atomic mass is 19.3. The molecule has 1 aliphatic rings. The first-order valence-corrected chi connectivity index (χ1v) is 8.47. The lowest BCUT2D eigenvalue weighted by atomic mass is 9.96. The van der Waals surface area contributed by atoms with Gasteiger partial charge in [0.15, 0.2) is 0 Å². The number of benzene rings is 1. The van der Waals surface area contributed by atoms with E-state index in [0.717, 1.165) is 6.42 Å². The first kappa shape index (κ1) is 19.1. The molecule has 0 saturated carbocycles. The van der Waals surface area contributed by atoms with Crippen LogP contribution in [0.15, 0.2) is 24.3 Å². The molecule has 25 heavy (non-hydrogen) atoms. The van der Waals surface area contributed by atoms with E-state index in [1.54, 1.807) is 23.1 Å². The van der Waals surface area contributed by atoms with E-state index in [4.69, 9.17) is 0 Å². The third-order valence-corrected chi connectivity index (χ3v) is 4.24. The lowest BCUT2D eigenvalue weighted by Crippen LogP contribution is -2.46. The number of rotatable bonds is 6. The van der Waals surface area contributed by atoms with Gasteiger partial charge in [0, 0.05) is 31.1 Å². The summed E-state index contributed by atoms with van der Waals surface area (Å²) < 4.78 is 29.3. The van der Waals surface area contributed by atoms with E-state index in [1.807, 2.05) is 13.8 Å². The van der Waals surface area contributed by atoms with Gasteiger partial charge in [-0.3, -0.25) is 9.59 Å². The van der Waals surface area contributed by atoms with Crippen LogP contribution < -0.4 is 10.1 Å². The highest BCUT2D eigenvalue weighted by Crippen LogP contribution is 2.21. The number of nitrogens with one attached hydrogen (secondary N) is 1. The van der Waals surface area contributed by atoms with Gasteiger partial charge < -0.3 is 15.0 Å². The molecular weight excluding hydrogens is 330 g/mol. The summed E-state index contributed by atoms with van der Waals surface area (Å²) in [5.41, 5.74) is 0.488. The fourth-order valence-corrected chi connectivity index (χ4v) is 2.94. The molecule has 1 saturated heterocycles. The Bertz CT molecular complexity index is 608. The van der Waals surface area contributed by atoms with Gasteiger partial charge >= 0.3 is 6.61 Å². The molecule has 5 nitrogen and oxygen atoms in total. The number of halogens is 2. The van der Waals surface area contributed by atoms with E-state index in [1.165, 1.54) is 6.07 Å². The van der Waals surface area contributed by atoms with Gasteiger partial charge in [0.25, 0.3) is 0 Å². The molecule has 2 rings (SSSR count). The number of carbonyl (C=O) groups is 2. The molecule has 7 heteroatoms. The molecule has 0 radical (unpaired) electrons. The molecule has 1 atom stereocenters. The van der Waals surface area contributed by atoms with Crippen LogP contribution >= 0.6 is 0 Å². The van der Waals surface area contributed by atoms with E-state index in [-0.39, 0.29) is 35.9 Å². The predicted molar refractivity (Wildman–Crippen MR) is 89.1 cm³/mol. The largest absolute Gasteiger partial charge is 0.434 e. The van der Waals surface area contributed by atoms with Crippen LogP contribution in [0.5, 0.6) is 5.75 Å². The molecule has 2 amide bonds. The van der Waals surface area contributed by atoms with Gasteiger partial charge in [-0.05, 0) is 18.9 Å². The summed E-state index contributed by atoms with van der Waals surface area (Å²) in [6.45, 7) is 1.95. The first-order valence-electron chi connectivity index (χ1n) is 8.47. The van der Waals surface area contributed by atoms with Gasteiger partial charge in [-0.2, -0.15) is 8.78 Å². The van der Waals surface area contributed by atoms with Crippen molar-refractivity contribution in [3.05, 3.63) is 29.8 Å². The van der Waals surface area contributed by atoms with Crippen molar-refractivity contribution in [2.24, 2.45) is 11.8 Å². The van der Waals surface area contributed by atoms with Crippen LogP contribution in [0.2, 0.25) is 0 Å². The zero-order valence-corrected chi connectivity index (χ0v) is 14.5. The molecule has 138 valence electrons. The summed E-state index contributed by atoms with van der Waals surface area (Å²) >= 11 is 0. The zero-order chi connectivity index (χ0) is 18.4. The van der Waals surface area contributed by atoms with Crippen LogP contribution in [0, 0.1) is 11.8 Å². The number of para-hydroxylation sites is 1. The van der Waals surface area contributed by atoms with Crippen molar-refractivity contribution in [2.75, 3.05) is 13.1 Å². The number of carbonyl (C=O) groups excluding carboxylic acids is 2. The summed E-state index contributed by atoms with van der Waals surface area (Å²) in [5, 5.41) is 2.77. The van der Waals surface area contributed by atoms with Crippen LogP contribution in [0.4, 0.5) is 8.78 Å². The number of piperidine rings is 1. The van der Waals surface area contributed by atoms with Crippen molar-refractivity contribution in [3.8, 4) is 5.75 Å². The maximum Gasteiger partial charge on any atom is 0.387 e. The number of amides is 2.